The van der Waals surface area contributed by atoms with Gasteiger partial charge in [0.15, 0.2) is 5.78 Å². The lowest BCUT2D eigenvalue weighted by Gasteiger charge is -2.10. The van der Waals surface area contributed by atoms with Crippen molar-refractivity contribution in [3.8, 4) is 0 Å². The van der Waals surface area contributed by atoms with E-state index in [1.54, 1.807) is 25.2 Å². The third-order valence-electron chi connectivity index (χ3n) is 2.12. The molecule has 0 aliphatic carbocycles. The van der Waals surface area contributed by atoms with Crippen LogP contribution in [0.25, 0.3) is 0 Å². The Hall–Kier alpha value is -1.16. The summed E-state index contributed by atoms with van der Waals surface area (Å²) in [6, 6.07) is 3.45. The number of ketones is 1. The highest BCUT2D eigenvalue weighted by Gasteiger charge is 2.13. The van der Waals surface area contributed by atoms with E-state index >= 15 is 0 Å². The molecule has 0 aliphatic heterocycles. The summed E-state index contributed by atoms with van der Waals surface area (Å²) in [6.45, 7) is 3.52. The van der Waals surface area contributed by atoms with E-state index in [-0.39, 0.29) is 17.7 Å². The van der Waals surface area contributed by atoms with Gasteiger partial charge in [-0.2, -0.15) is 0 Å². The fourth-order valence-corrected chi connectivity index (χ4v) is 1.95. The predicted molar refractivity (Wildman–Crippen MR) is 60.9 cm³/mol. The van der Waals surface area contributed by atoms with Crippen LogP contribution in [-0.4, -0.2) is 17.7 Å². The van der Waals surface area contributed by atoms with Crippen LogP contribution < -0.4 is 5.32 Å². The Balaban J connectivity index is 2.39. The Morgan fingerprint density at radius 2 is 2.27 bits per heavy atom. The van der Waals surface area contributed by atoms with E-state index in [4.69, 9.17) is 0 Å². The number of nitrogens with one attached hydrogen (secondary N) is 1. The summed E-state index contributed by atoms with van der Waals surface area (Å²) >= 11 is 1.55. The van der Waals surface area contributed by atoms with E-state index in [2.05, 4.69) is 5.32 Å². The lowest BCUT2D eigenvalue weighted by molar-refractivity contribution is -0.126. The summed E-state index contributed by atoms with van der Waals surface area (Å²) in [6.07, 6.45) is 0.819. The van der Waals surface area contributed by atoms with Crippen molar-refractivity contribution >= 4 is 23.0 Å². The molecule has 1 amide bonds. The number of hydrogen-bond acceptors (Lipinski definition) is 3. The molecular formula is C11H15NO2S. The molecule has 0 radical (unpaired) electrons. The first-order valence-corrected chi connectivity index (χ1v) is 5.86. The maximum Gasteiger partial charge on any atom is 0.225 e. The Labute approximate surface area is 93.5 Å². The Morgan fingerprint density at radius 1 is 1.53 bits per heavy atom. The maximum atomic E-state index is 11.5. The molecular weight excluding hydrogens is 210 g/mol. The molecule has 0 spiro atoms. The molecule has 1 aromatic heterocycles. The zero-order valence-electron chi connectivity index (χ0n) is 8.95. The van der Waals surface area contributed by atoms with Gasteiger partial charge in [0.2, 0.25) is 5.91 Å². The van der Waals surface area contributed by atoms with Crippen LogP contribution in [0.3, 0.4) is 0 Å². The average molecular weight is 225 g/mol. The van der Waals surface area contributed by atoms with Gasteiger partial charge in [-0.25, -0.2) is 0 Å². The molecule has 0 saturated heterocycles. The number of Topliss-reactive ketones (excluding diaryl/α,β-unsaturated/α-hetero) is 1. The summed E-state index contributed by atoms with van der Waals surface area (Å²) in [5.41, 5.74) is 0. The van der Waals surface area contributed by atoms with Crippen molar-refractivity contribution < 1.29 is 9.59 Å². The van der Waals surface area contributed by atoms with Gasteiger partial charge in [-0.15, -0.1) is 11.3 Å². The van der Waals surface area contributed by atoms with Gasteiger partial charge >= 0.3 is 0 Å². The highest BCUT2D eigenvalue weighted by molar-refractivity contribution is 7.10. The maximum absolute atomic E-state index is 11.5. The molecule has 82 valence electrons. The molecule has 1 unspecified atom stereocenters. The zero-order valence-corrected chi connectivity index (χ0v) is 9.76. The highest BCUT2D eigenvalue weighted by atomic mass is 32.1. The molecule has 1 N–H and O–H groups in total. The lowest BCUT2D eigenvalue weighted by Crippen LogP contribution is -2.38. The monoisotopic (exact) mass is 225 g/mol. The van der Waals surface area contributed by atoms with E-state index in [0.717, 1.165) is 4.88 Å². The quantitative estimate of drug-likeness (QED) is 0.830. The van der Waals surface area contributed by atoms with Crippen molar-refractivity contribution in [3.63, 3.8) is 0 Å². The summed E-state index contributed by atoms with van der Waals surface area (Å²) in [7, 11) is 0. The predicted octanol–water partition coefficient (Wildman–Crippen LogP) is 1.77. The van der Waals surface area contributed by atoms with Crippen molar-refractivity contribution in [2.75, 3.05) is 0 Å². The van der Waals surface area contributed by atoms with Crippen LogP contribution in [0.4, 0.5) is 0 Å². The third-order valence-corrected chi connectivity index (χ3v) is 3.00. The molecule has 1 aromatic rings. The fraction of sp³-hybridized carbons (Fsp3) is 0.455. The molecule has 0 aliphatic rings. The van der Waals surface area contributed by atoms with E-state index in [9.17, 15) is 9.59 Å². The SMILES string of the molecule is CCC(=O)C(C)NC(=O)Cc1cccs1. The minimum atomic E-state index is -0.373. The second-order valence-corrected chi connectivity index (χ2v) is 4.40. The van der Waals surface area contributed by atoms with E-state index in [0.29, 0.717) is 12.8 Å². The minimum Gasteiger partial charge on any atom is -0.346 e. The van der Waals surface area contributed by atoms with Crippen LogP contribution in [0.2, 0.25) is 0 Å². The van der Waals surface area contributed by atoms with Crippen LogP contribution >= 0.6 is 11.3 Å². The van der Waals surface area contributed by atoms with Gasteiger partial charge in [-0.3, -0.25) is 9.59 Å². The summed E-state index contributed by atoms with van der Waals surface area (Å²) in [4.78, 5) is 23.7. The van der Waals surface area contributed by atoms with Crippen molar-refractivity contribution in [1.82, 2.24) is 5.32 Å². The first-order chi connectivity index (χ1) is 7.13. The molecule has 1 rings (SSSR count). The number of carbonyl (C=O) groups excluding carboxylic acids is 2. The molecule has 4 heteroatoms. The Bertz CT molecular complexity index is 332. The van der Waals surface area contributed by atoms with Crippen molar-refractivity contribution in [3.05, 3.63) is 22.4 Å². The van der Waals surface area contributed by atoms with Crippen LogP contribution in [0, 0.1) is 0 Å². The number of rotatable bonds is 5. The Morgan fingerprint density at radius 3 is 2.80 bits per heavy atom. The molecule has 1 heterocycles. The van der Waals surface area contributed by atoms with Crippen LogP contribution in [0.15, 0.2) is 17.5 Å². The largest absolute Gasteiger partial charge is 0.346 e. The highest BCUT2D eigenvalue weighted by Crippen LogP contribution is 2.08. The average Bonchev–Trinajstić information content (AvgIpc) is 2.68. The van der Waals surface area contributed by atoms with Gasteiger partial charge in [0.25, 0.3) is 0 Å². The van der Waals surface area contributed by atoms with E-state index in [1.165, 1.54) is 0 Å². The number of thiophene rings is 1. The van der Waals surface area contributed by atoms with Gasteiger partial charge in [0.05, 0.1) is 12.5 Å². The van der Waals surface area contributed by atoms with Crippen molar-refractivity contribution in [2.24, 2.45) is 0 Å². The molecule has 1 atom stereocenters. The third kappa shape index (κ3) is 3.83. The number of carbonyl (C=O) groups is 2. The van der Waals surface area contributed by atoms with Gasteiger partial charge < -0.3 is 5.32 Å². The van der Waals surface area contributed by atoms with Gasteiger partial charge in [-0.05, 0) is 18.4 Å². The first-order valence-electron chi connectivity index (χ1n) is 4.98. The van der Waals surface area contributed by atoms with E-state index < -0.39 is 0 Å². The fourth-order valence-electron chi connectivity index (χ4n) is 1.25. The summed E-state index contributed by atoms with van der Waals surface area (Å²) in [5, 5.41) is 4.62. The normalized spacial score (nSPS) is 12.1. The number of hydrogen-bond donors (Lipinski definition) is 1. The second kappa shape index (κ2) is 5.66. The summed E-state index contributed by atoms with van der Waals surface area (Å²) < 4.78 is 0. The second-order valence-electron chi connectivity index (χ2n) is 3.37. The Kier molecular flexibility index (Phi) is 4.49. The minimum absolute atomic E-state index is 0.0644. The smallest absolute Gasteiger partial charge is 0.225 e. The van der Waals surface area contributed by atoms with Gasteiger partial charge in [0, 0.05) is 11.3 Å². The number of amides is 1. The van der Waals surface area contributed by atoms with Crippen molar-refractivity contribution in [2.45, 2.75) is 32.7 Å². The lowest BCUT2D eigenvalue weighted by atomic mass is 10.1. The molecule has 3 nitrogen and oxygen atoms in total. The van der Waals surface area contributed by atoms with Crippen molar-refractivity contribution in [1.29, 1.82) is 0 Å². The standard InChI is InChI=1S/C11H15NO2S/c1-3-10(13)8(2)12-11(14)7-9-5-4-6-15-9/h4-6,8H,3,7H2,1-2H3,(H,12,14). The molecule has 0 saturated carbocycles. The van der Waals surface area contributed by atoms with E-state index in [1.807, 2.05) is 17.5 Å². The summed E-state index contributed by atoms with van der Waals surface area (Å²) in [5.74, 6) is -0.0266. The zero-order chi connectivity index (χ0) is 11.3. The van der Waals surface area contributed by atoms with Gasteiger partial charge in [-0.1, -0.05) is 13.0 Å². The molecule has 0 fully saturated rings. The molecule has 0 aromatic carbocycles. The van der Waals surface area contributed by atoms with Crippen LogP contribution in [0.1, 0.15) is 25.1 Å². The molecule has 15 heavy (non-hydrogen) atoms. The van der Waals surface area contributed by atoms with Gasteiger partial charge in [0.1, 0.15) is 0 Å². The first kappa shape index (κ1) is 11.9. The topological polar surface area (TPSA) is 46.2 Å². The van der Waals surface area contributed by atoms with Crippen LogP contribution in [0.5, 0.6) is 0 Å². The molecule has 0 bridgehead atoms. The van der Waals surface area contributed by atoms with Crippen LogP contribution in [-0.2, 0) is 16.0 Å².